The Kier molecular flexibility index (Phi) is 3.23. The molecule has 1 saturated heterocycles. The van der Waals surface area contributed by atoms with Gasteiger partial charge in [-0.1, -0.05) is 0 Å². The molecule has 1 amide bonds. The van der Waals surface area contributed by atoms with Gasteiger partial charge in [0, 0.05) is 30.8 Å². The van der Waals surface area contributed by atoms with Gasteiger partial charge < -0.3 is 4.90 Å². The van der Waals surface area contributed by atoms with Crippen LogP contribution in [0, 0.1) is 10.1 Å². The first kappa shape index (κ1) is 13.4. The molecule has 1 aliphatic rings. The maximum atomic E-state index is 12.8. The lowest BCUT2D eigenvalue weighted by Crippen LogP contribution is -2.26. The third-order valence-corrected chi connectivity index (χ3v) is 3.97. The molecule has 1 atom stereocenters. The normalized spacial score (nSPS) is 19.7. The second-order valence-corrected chi connectivity index (χ2v) is 5.70. The Bertz CT molecular complexity index is 628. The third kappa shape index (κ3) is 2.70. The molecule has 9 heteroatoms. The van der Waals surface area contributed by atoms with Gasteiger partial charge in [-0.3, -0.25) is 14.9 Å². The SMILES string of the molecule is O=C1CC(S(=O)(=O)F)CN1c1ccc([N+](=O)[O-])cc1. The molecule has 0 saturated carbocycles. The lowest BCUT2D eigenvalue weighted by molar-refractivity contribution is -0.384. The van der Waals surface area contributed by atoms with Gasteiger partial charge in [0.25, 0.3) is 5.69 Å². The fraction of sp³-hybridized carbons (Fsp3) is 0.300. The molecule has 1 aromatic carbocycles. The molecular weight excluding hydrogens is 279 g/mol. The van der Waals surface area contributed by atoms with Crippen molar-refractivity contribution in [3.63, 3.8) is 0 Å². The summed E-state index contributed by atoms with van der Waals surface area (Å²) in [5, 5.41) is 9.10. The lowest BCUT2D eigenvalue weighted by Gasteiger charge is -2.15. The number of hydrogen-bond acceptors (Lipinski definition) is 5. The Morgan fingerprint density at radius 3 is 2.32 bits per heavy atom. The highest BCUT2D eigenvalue weighted by Crippen LogP contribution is 2.27. The summed E-state index contributed by atoms with van der Waals surface area (Å²) >= 11 is 0. The van der Waals surface area contributed by atoms with E-state index in [1.807, 2.05) is 0 Å². The molecule has 2 rings (SSSR count). The van der Waals surface area contributed by atoms with Crippen LogP contribution in [0.25, 0.3) is 0 Å². The molecule has 0 aliphatic carbocycles. The number of anilines is 1. The van der Waals surface area contributed by atoms with Crippen molar-refractivity contribution in [2.45, 2.75) is 11.7 Å². The molecule has 0 aromatic heterocycles. The van der Waals surface area contributed by atoms with E-state index >= 15 is 0 Å². The topological polar surface area (TPSA) is 97.6 Å². The molecule has 1 aliphatic heterocycles. The van der Waals surface area contributed by atoms with Crippen LogP contribution in [0.2, 0.25) is 0 Å². The van der Waals surface area contributed by atoms with Crippen LogP contribution >= 0.6 is 0 Å². The van der Waals surface area contributed by atoms with E-state index in [-0.39, 0.29) is 12.2 Å². The van der Waals surface area contributed by atoms with E-state index in [0.29, 0.717) is 5.69 Å². The van der Waals surface area contributed by atoms with Crippen LogP contribution in [0.3, 0.4) is 0 Å². The number of rotatable bonds is 3. The third-order valence-electron chi connectivity index (χ3n) is 2.86. The van der Waals surface area contributed by atoms with Crippen LogP contribution in [-0.2, 0) is 15.0 Å². The van der Waals surface area contributed by atoms with Crippen molar-refractivity contribution < 1.29 is 22.0 Å². The van der Waals surface area contributed by atoms with Gasteiger partial charge >= 0.3 is 10.2 Å². The Hall–Kier alpha value is -2.03. The monoisotopic (exact) mass is 288 g/mol. The van der Waals surface area contributed by atoms with Crippen LogP contribution in [0.15, 0.2) is 24.3 Å². The average molecular weight is 288 g/mol. The van der Waals surface area contributed by atoms with E-state index in [9.17, 15) is 27.2 Å². The molecule has 102 valence electrons. The van der Waals surface area contributed by atoms with Crippen LogP contribution in [0.4, 0.5) is 15.3 Å². The van der Waals surface area contributed by atoms with Gasteiger partial charge in [-0.25, -0.2) is 0 Å². The molecule has 1 fully saturated rings. The number of halogens is 1. The summed E-state index contributed by atoms with van der Waals surface area (Å²) in [5.41, 5.74) is 0.159. The number of nitro groups is 1. The zero-order chi connectivity index (χ0) is 14.2. The quantitative estimate of drug-likeness (QED) is 0.469. The minimum atomic E-state index is -4.77. The number of non-ortho nitro benzene ring substituents is 1. The summed E-state index contributed by atoms with van der Waals surface area (Å²) in [6, 6.07) is 5.03. The lowest BCUT2D eigenvalue weighted by atomic mass is 10.2. The van der Waals surface area contributed by atoms with Crippen molar-refractivity contribution >= 4 is 27.5 Å². The van der Waals surface area contributed by atoms with E-state index in [2.05, 4.69) is 0 Å². The first-order valence-electron chi connectivity index (χ1n) is 5.27. The van der Waals surface area contributed by atoms with Crippen LogP contribution in [0.5, 0.6) is 0 Å². The Morgan fingerprint density at radius 2 is 1.89 bits per heavy atom. The molecule has 0 N–H and O–H groups in total. The summed E-state index contributed by atoms with van der Waals surface area (Å²) < 4.78 is 34.4. The van der Waals surface area contributed by atoms with Gasteiger partial charge in [0.2, 0.25) is 5.91 Å². The van der Waals surface area contributed by atoms with Crippen LogP contribution < -0.4 is 4.90 Å². The highest BCUT2D eigenvalue weighted by atomic mass is 32.3. The molecule has 19 heavy (non-hydrogen) atoms. The largest absolute Gasteiger partial charge is 0.311 e. The Balaban J connectivity index is 2.23. The van der Waals surface area contributed by atoms with E-state index < -0.39 is 32.7 Å². The number of nitrogens with zero attached hydrogens (tertiary/aromatic N) is 2. The number of carbonyl (C=O) groups excluding carboxylic acids is 1. The maximum absolute atomic E-state index is 12.8. The Labute approximate surface area is 108 Å². The van der Waals surface area contributed by atoms with Crippen LogP contribution in [-0.4, -0.2) is 31.0 Å². The van der Waals surface area contributed by atoms with E-state index in [1.165, 1.54) is 24.3 Å². The minimum absolute atomic E-state index is 0.148. The second-order valence-electron chi connectivity index (χ2n) is 4.08. The van der Waals surface area contributed by atoms with Gasteiger partial charge in [0.15, 0.2) is 0 Å². The minimum Gasteiger partial charge on any atom is -0.311 e. The second kappa shape index (κ2) is 4.57. The summed E-state index contributed by atoms with van der Waals surface area (Å²) in [5.74, 6) is -0.528. The molecule has 0 bridgehead atoms. The fourth-order valence-electron chi connectivity index (χ4n) is 1.87. The van der Waals surface area contributed by atoms with Gasteiger partial charge in [0.05, 0.1) is 4.92 Å². The van der Waals surface area contributed by atoms with Crippen molar-refractivity contribution in [3.8, 4) is 0 Å². The van der Waals surface area contributed by atoms with Crippen molar-refractivity contribution in [2.24, 2.45) is 0 Å². The molecule has 0 radical (unpaired) electrons. The highest BCUT2D eigenvalue weighted by Gasteiger charge is 2.39. The maximum Gasteiger partial charge on any atom is 0.307 e. The molecular formula is C10H9FN2O5S. The number of hydrogen-bond donors (Lipinski definition) is 0. The van der Waals surface area contributed by atoms with E-state index in [4.69, 9.17) is 0 Å². The molecule has 1 aromatic rings. The predicted octanol–water partition coefficient (Wildman–Crippen LogP) is 0.999. The standard InChI is InChI=1S/C10H9FN2O5S/c11-19(17,18)9-5-10(14)12(6-9)7-1-3-8(4-2-7)13(15)16/h1-4,9H,5-6H2. The zero-order valence-corrected chi connectivity index (χ0v) is 10.3. The van der Waals surface area contributed by atoms with Crippen molar-refractivity contribution in [3.05, 3.63) is 34.4 Å². The highest BCUT2D eigenvalue weighted by molar-refractivity contribution is 7.87. The number of amides is 1. The molecule has 1 heterocycles. The first-order valence-corrected chi connectivity index (χ1v) is 6.72. The summed E-state index contributed by atoms with van der Waals surface area (Å²) in [6.45, 7) is -0.282. The molecule has 7 nitrogen and oxygen atoms in total. The van der Waals surface area contributed by atoms with Crippen LogP contribution in [0.1, 0.15) is 6.42 Å². The smallest absolute Gasteiger partial charge is 0.307 e. The van der Waals surface area contributed by atoms with Gasteiger partial charge in [-0.2, -0.15) is 8.42 Å². The number of carbonyl (C=O) groups is 1. The van der Waals surface area contributed by atoms with E-state index in [1.54, 1.807) is 0 Å². The fourth-order valence-corrected chi connectivity index (χ4v) is 2.54. The Morgan fingerprint density at radius 1 is 1.32 bits per heavy atom. The zero-order valence-electron chi connectivity index (χ0n) is 9.52. The summed E-state index contributed by atoms with van der Waals surface area (Å²) in [4.78, 5) is 22.6. The van der Waals surface area contributed by atoms with Crippen molar-refractivity contribution in [1.29, 1.82) is 0 Å². The van der Waals surface area contributed by atoms with Crippen molar-refractivity contribution in [1.82, 2.24) is 0 Å². The number of nitro benzene ring substituents is 1. The van der Waals surface area contributed by atoms with Gasteiger partial charge in [-0.15, -0.1) is 3.89 Å². The number of benzene rings is 1. The molecule has 0 spiro atoms. The average Bonchev–Trinajstić information content (AvgIpc) is 2.71. The molecule has 1 unspecified atom stereocenters. The van der Waals surface area contributed by atoms with Crippen molar-refractivity contribution in [2.75, 3.05) is 11.4 Å². The predicted molar refractivity (Wildman–Crippen MR) is 63.9 cm³/mol. The van der Waals surface area contributed by atoms with Gasteiger partial charge in [0.1, 0.15) is 5.25 Å². The van der Waals surface area contributed by atoms with E-state index in [0.717, 1.165) is 4.90 Å². The van der Waals surface area contributed by atoms with Gasteiger partial charge in [-0.05, 0) is 12.1 Å². The summed E-state index contributed by atoms with van der Waals surface area (Å²) in [7, 11) is -4.77. The first-order chi connectivity index (χ1) is 8.79. The summed E-state index contributed by atoms with van der Waals surface area (Å²) in [6.07, 6.45) is -0.421.